The third-order valence-corrected chi connectivity index (χ3v) is 5.70. The van der Waals surface area contributed by atoms with Crippen molar-refractivity contribution < 1.29 is 0 Å². The second-order valence-electron chi connectivity index (χ2n) is 7.60. The molecule has 0 aromatic heterocycles. The van der Waals surface area contributed by atoms with E-state index in [1.165, 1.54) is 22.3 Å². The van der Waals surface area contributed by atoms with Gasteiger partial charge in [-0.3, -0.25) is 4.99 Å². The molecule has 3 aromatic rings. The molecular weight excluding hydrogens is 376 g/mol. The van der Waals surface area contributed by atoms with Gasteiger partial charge in [-0.2, -0.15) is 6.20 Å². The van der Waals surface area contributed by atoms with Crippen molar-refractivity contribution in [1.29, 1.82) is 0 Å². The van der Waals surface area contributed by atoms with Crippen LogP contribution in [0.1, 0.15) is 55.5 Å². The van der Waals surface area contributed by atoms with Gasteiger partial charge in [-0.25, -0.2) is 0 Å². The van der Waals surface area contributed by atoms with Gasteiger partial charge in [0.25, 0.3) is 0 Å². The molecule has 0 aliphatic heterocycles. The van der Waals surface area contributed by atoms with E-state index < -0.39 is 0 Å². The topological polar surface area (TPSA) is 26.5 Å². The lowest BCUT2D eigenvalue weighted by molar-refractivity contribution is 1.08. The molecule has 0 atom stereocenters. The fourth-order valence-corrected chi connectivity index (χ4v) is 3.84. The van der Waals surface area contributed by atoms with Crippen molar-refractivity contribution in [2.24, 2.45) is 4.99 Å². The number of benzene rings is 3. The Kier molecular flexibility index (Phi) is 8.23. The number of rotatable bonds is 9. The minimum Gasteiger partial charge on any atom is -0.663 e. The molecule has 2 nitrogen and oxygen atoms in total. The van der Waals surface area contributed by atoms with Crippen molar-refractivity contribution in [1.82, 2.24) is 0 Å². The van der Waals surface area contributed by atoms with E-state index in [2.05, 4.69) is 88.4 Å². The average molecular weight is 410 g/mol. The zero-order chi connectivity index (χ0) is 22.1. The van der Waals surface area contributed by atoms with E-state index in [0.717, 1.165) is 48.2 Å². The summed E-state index contributed by atoms with van der Waals surface area (Å²) >= 11 is 0. The third-order valence-electron chi connectivity index (χ3n) is 5.70. The van der Waals surface area contributed by atoms with Gasteiger partial charge in [0.1, 0.15) is 0 Å². The van der Waals surface area contributed by atoms with Crippen LogP contribution in [0.5, 0.6) is 0 Å². The molecule has 0 bridgehead atoms. The van der Waals surface area contributed by atoms with Crippen molar-refractivity contribution in [2.45, 2.75) is 53.4 Å². The van der Waals surface area contributed by atoms with Gasteiger partial charge in [0, 0.05) is 6.21 Å². The first-order valence-electron chi connectivity index (χ1n) is 11.4. The molecule has 160 valence electrons. The number of nitrogens with zero attached hydrogens (tertiary/aromatic N) is 2. The zero-order valence-electron chi connectivity index (χ0n) is 19.2. The number of hydrogen-bond donors (Lipinski definition) is 0. The first-order chi connectivity index (χ1) is 15.2. The third kappa shape index (κ3) is 5.52. The first kappa shape index (κ1) is 22.6. The van der Waals surface area contributed by atoms with Gasteiger partial charge in [0.05, 0.1) is 5.69 Å². The van der Waals surface area contributed by atoms with Crippen molar-refractivity contribution in [3.05, 3.63) is 106 Å². The summed E-state index contributed by atoms with van der Waals surface area (Å²) in [6.45, 7) is 8.74. The smallest absolute Gasteiger partial charge is 0.0693 e. The number of aryl methyl sites for hydroxylation is 4. The fraction of sp³-hybridized carbons (Fsp3) is 0.276. The van der Waals surface area contributed by atoms with Crippen molar-refractivity contribution >= 4 is 23.2 Å². The van der Waals surface area contributed by atoms with Crippen molar-refractivity contribution in [3.8, 4) is 0 Å². The molecule has 0 aliphatic rings. The van der Waals surface area contributed by atoms with E-state index in [1.54, 1.807) is 0 Å². The number of hydrogen-bond acceptors (Lipinski definition) is 1. The highest BCUT2D eigenvalue weighted by atomic mass is 14.9. The van der Waals surface area contributed by atoms with E-state index in [0.29, 0.717) is 0 Å². The van der Waals surface area contributed by atoms with Crippen LogP contribution >= 0.6 is 0 Å². The predicted molar refractivity (Wildman–Crippen MR) is 136 cm³/mol. The van der Waals surface area contributed by atoms with E-state index in [-0.39, 0.29) is 0 Å². The highest BCUT2D eigenvalue weighted by molar-refractivity contribution is 6.11. The minimum absolute atomic E-state index is 0.971. The molecule has 0 amide bonds. The van der Waals surface area contributed by atoms with Gasteiger partial charge in [0.2, 0.25) is 0 Å². The summed E-state index contributed by atoms with van der Waals surface area (Å²) in [4.78, 5) is 4.97. The van der Waals surface area contributed by atoms with Crippen LogP contribution in [0.2, 0.25) is 0 Å². The van der Waals surface area contributed by atoms with Gasteiger partial charge in [-0.1, -0.05) is 106 Å². The summed E-state index contributed by atoms with van der Waals surface area (Å²) in [5, 5.41) is 4.97. The molecule has 0 spiro atoms. The van der Waals surface area contributed by atoms with Crippen LogP contribution in [0.3, 0.4) is 0 Å². The van der Waals surface area contributed by atoms with E-state index >= 15 is 0 Å². The Bertz CT molecular complexity index is 1000. The van der Waals surface area contributed by atoms with Crippen LogP contribution in [0, 0.1) is 0 Å². The first-order valence-corrected chi connectivity index (χ1v) is 11.4. The maximum Gasteiger partial charge on any atom is 0.0693 e. The Balaban J connectivity index is 2.03. The van der Waals surface area contributed by atoms with E-state index in [9.17, 15) is 0 Å². The van der Waals surface area contributed by atoms with Crippen LogP contribution in [-0.2, 0) is 25.7 Å². The molecule has 3 aromatic carbocycles. The Morgan fingerprint density at radius 2 is 1.19 bits per heavy atom. The quantitative estimate of drug-likeness (QED) is 0.317. The zero-order valence-corrected chi connectivity index (χ0v) is 19.2. The van der Waals surface area contributed by atoms with Crippen LogP contribution in [0.15, 0.2) is 77.9 Å². The highest BCUT2D eigenvalue weighted by Crippen LogP contribution is 2.32. The van der Waals surface area contributed by atoms with Crippen LogP contribution in [-0.4, -0.2) is 6.21 Å². The molecule has 31 heavy (non-hydrogen) atoms. The summed E-state index contributed by atoms with van der Waals surface area (Å²) < 4.78 is 0. The normalized spacial score (nSPS) is 11.8. The second-order valence-corrected chi connectivity index (χ2v) is 7.60. The second kappa shape index (κ2) is 11.3. The van der Waals surface area contributed by atoms with Gasteiger partial charge < -0.3 is 5.32 Å². The Labute approximate surface area is 187 Å². The van der Waals surface area contributed by atoms with Gasteiger partial charge >= 0.3 is 0 Å². The van der Waals surface area contributed by atoms with E-state index in [1.807, 2.05) is 18.5 Å². The Morgan fingerprint density at radius 1 is 0.677 bits per heavy atom. The van der Waals surface area contributed by atoms with Gasteiger partial charge in [-0.15, -0.1) is 5.69 Å². The molecule has 0 radical (unpaired) electrons. The Hall–Kier alpha value is -3.13. The van der Waals surface area contributed by atoms with Crippen LogP contribution in [0.4, 0.5) is 11.4 Å². The van der Waals surface area contributed by atoms with Gasteiger partial charge in [0.15, 0.2) is 0 Å². The molecule has 0 saturated carbocycles. The van der Waals surface area contributed by atoms with Crippen molar-refractivity contribution in [3.63, 3.8) is 0 Å². The molecule has 0 unspecified atom stereocenters. The SMILES string of the molecule is CCc1cccc(CC)c1N=C/C(=C/[N-]c1c(CC)cccc1CC)c1ccccc1. The molecular formula is C29H33N2-. The largest absolute Gasteiger partial charge is 0.663 e. The molecule has 0 heterocycles. The maximum atomic E-state index is 4.97. The van der Waals surface area contributed by atoms with Crippen molar-refractivity contribution in [2.75, 3.05) is 0 Å². The molecule has 0 aliphatic carbocycles. The predicted octanol–water partition coefficient (Wildman–Crippen LogP) is 8.39. The summed E-state index contributed by atoms with van der Waals surface area (Å²) in [5.74, 6) is 0. The van der Waals surface area contributed by atoms with Crippen LogP contribution < -0.4 is 0 Å². The lowest BCUT2D eigenvalue weighted by Crippen LogP contribution is -1.92. The summed E-state index contributed by atoms with van der Waals surface area (Å²) in [7, 11) is 0. The summed E-state index contributed by atoms with van der Waals surface area (Å²) in [5.41, 5.74) is 9.45. The van der Waals surface area contributed by atoms with E-state index in [4.69, 9.17) is 10.3 Å². The Morgan fingerprint density at radius 3 is 1.71 bits per heavy atom. The van der Waals surface area contributed by atoms with Crippen LogP contribution in [0.25, 0.3) is 10.9 Å². The standard InChI is InChI=1S/C29H33N2/c1-5-22-16-12-17-23(6-2)28(22)30-20-27(26-14-10-9-11-15-26)21-31-29-24(7-3)18-13-19-25(29)8-4/h9-21H,5-8H2,1-4H3/q-1/b27-20-,31-21?. The molecule has 0 N–H and O–H groups in total. The average Bonchev–Trinajstić information content (AvgIpc) is 2.84. The summed E-state index contributed by atoms with van der Waals surface area (Å²) in [6.07, 6.45) is 7.84. The molecule has 0 fully saturated rings. The fourth-order valence-electron chi connectivity index (χ4n) is 3.84. The highest BCUT2D eigenvalue weighted by Gasteiger charge is 2.05. The maximum absolute atomic E-state index is 4.97. The number of aliphatic imine (C=N–C) groups is 1. The van der Waals surface area contributed by atoms with Gasteiger partial charge in [-0.05, 0) is 47.9 Å². The number of allylic oxidation sites excluding steroid dienone is 1. The molecule has 0 saturated heterocycles. The lowest BCUT2D eigenvalue weighted by Gasteiger charge is -2.26. The number of para-hydroxylation sites is 2. The molecule has 3 rings (SSSR count). The lowest BCUT2D eigenvalue weighted by atomic mass is 10.0. The molecule has 2 heteroatoms. The summed E-state index contributed by atoms with van der Waals surface area (Å²) in [6, 6.07) is 23.4. The minimum atomic E-state index is 0.971. The monoisotopic (exact) mass is 409 g/mol.